The van der Waals surface area contributed by atoms with Gasteiger partial charge in [0.1, 0.15) is 5.82 Å². The van der Waals surface area contributed by atoms with E-state index in [2.05, 4.69) is 22.2 Å². The average Bonchev–Trinajstić information content (AvgIpc) is 3.02. The van der Waals surface area contributed by atoms with E-state index < -0.39 is 0 Å². The van der Waals surface area contributed by atoms with Gasteiger partial charge in [0.25, 0.3) is 5.91 Å². The monoisotopic (exact) mass is 350 g/mol. The number of nitrogens with one attached hydrogen (secondary N) is 1. The number of carbonyl (C=O) groups excluding carboxylic acids is 1. The number of nitrogens with zero attached hydrogens (tertiary/aromatic N) is 3. The summed E-state index contributed by atoms with van der Waals surface area (Å²) in [5.41, 5.74) is 4.50. The van der Waals surface area contributed by atoms with Crippen molar-refractivity contribution in [2.75, 3.05) is 0 Å². The zero-order valence-corrected chi connectivity index (χ0v) is 16.1. The van der Waals surface area contributed by atoms with Crippen LogP contribution < -0.4 is 5.32 Å². The van der Waals surface area contributed by atoms with Gasteiger partial charge in [-0.2, -0.15) is 0 Å². The normalized spacial score (nSPS) is 12.3. The predicted octanol–water partition coefficient (Wildman–Crippen LogP) is 4.16. The molecule has 5 nitrogen and oxygen atoms in total. The number of aryl methyl sites for hydroxylation is 3. The number of hydrogen-bond donors (Lipinski definition) is 1. The SMILES string of the molecule is CCC[C@H](NC(=O)c1c(C)c(C)nc2ccc(C)cc12)c1nccn1C. The molecule has 1 N–H and O–H groups in total. The minimum absolute atomic E-state index is 0.0648. The van der Waals surface area contributed by atoms with E-state index >= 15 is 0 Å². The van der Waals surface area contributed by atoms with E-state index in [4.69, 9.17) is 0 Å². The van der Waals surface area contributed by atoms with Crippen LogP contribution in [0.25, 0.3) is 10.9 Å². The van der Waals surface area contributed by atoms with Crippen molar-refractivity contribution in [2.45, 2.75) is 46.6 Å². The van der Waals surface area contributed by atoms with E-state index in [0.29, 0.717) is 5.56 Å². The smallest absolute Gasteiger partial charge is 0.252 e. The molecular weight excluding hydrogens is 324 g/mol. The molecule has 0 radical (unpaired) electrons. The molecule has 0 spiro atoms. The van der Waals surface area contributed by atoms with Crippen molar-refractivity contribution in [1.82, 2.24) is 19.9 Å². The number of carbonyl (C=O) groups is 1. The lowest BCUT2D eigenvalue weighted by molar-refractivity contribution is 0.0933. The third-order valence-corrected chi connectivity index (χ3v) is 4.91. The lowest BCUT2D eigenvalue weighted by atomic mass is 9.99. The number of amides is 1. The molecule has 0 aliphatic carbocycles. The molecule has 0 saturated carbocycles. The second-order valence-electron chi connectivity index (χ2n) is 6.93. The van der Waals surface area contributed by atoms with Gasteiger partial charge in [0, 0.05) is 30.5 Å². The lowest BCUT2D eigenvalue weighted by Gasteiger charge is -2.20. The second kappa shape index (κ2) is 7.28. The summed E-state index contributed by atoms with van der Waals surface area (Å²) in [5, 5.41) is 4.11. The maximum atomic E-state index is 13.3. The number of hydrogen-bond acceptors (Lipinski definition) is 3. The van der Waals surface area contributed by atoms with Gasteiger partial charge in [-0.05, 0) is 44.9 Å². The zero-order valence-electron chi connectivity index (χ0n) is 16.1. The average molecular weight is 350 g/mol. The van der Waals surface area contributed by atoms with Crippen LogP contribution in [-0.2, 0) is 7.05 Å². The maximum absolute atomic E-state index is 13.3. The second-order valence-corrected chi connectivity index (χ2v) is 6.93. The Kier molecular flexibility index (Phi) is 5.07. The van der Waals surface area contributed by atoms with Crippen molar-refractivity contribution in [1.29, 1.82) is 0 Å². The molecule has 1 amide bonds. The Labute approximate surface area is 154 Å². The molecule has 0 aliphatic rings. The van der Waals surface area contributed by atoms with Crippen LogP contribution in [0.5, 0.6) is 0 Å². The number of fused-ring (bicyclic) bond motifs is 1. The lowest BCUT2D eigenvalue weighted by Crippen LogP contribution is -2.31. The Balaban J connectivity index is 2.05. The standard InChI is InChI=1S/C21H26N4O/c1-6-7-18(20-22-10-11-25(20)5)24-21(26)19-14(3)15(4)23-17-9-8-13(2)12-16(17)19/h8-12,18H,6-7H2,1-5H3,(H,24,26)/t18-/m0/s1. The highest BCUT2D eigenvalue weighted by atomic mass is 16.1. The first kappa shape index (κ1) is 18.1. The number of pyridine rings is 1. The summed E-state index contributed by atoms with van der Waals surface area (Å²) in [6.45, 7) is 8.06. The van der Waals surface area contributed by atoms with Crippen molar-refractivity contribution in [2.24, 2.45) is 7.05 Å². The maximum Gasteiger partial charge on any atom is 0.252 e. The van der Waals surface area contributed by atoms with Crippen LogP contribution in [0.1, 0.15) is 58.8 Å². The largest absolute Gasteiger partial charge is 0.342 e. The number of imidazole rings is 1. The summed E-state index contributed by atoms with van der Waals surface area (Å²) in [4.78, 5) is 22.3. The number of aromatic nitrogens is 3. The number of rotatable bonds is 5. The van der Waals surface area contributed by atoms with E-state index in [1.807, 2.05) is 56.8 Å². The van der Waals surface area contributed by atoms with E-state index in [9.17, 15) is 4.79 Å². The highest BCUT2D eigenvalue weighted by molar-refractivity contribution is 6.07. The fourth-order valence-corrected chi connectivity index (χ4v) is 3.39. The van der Waals surface area contributed by atoms with Gasteiger partial charge in [-0.15, -0.1) is 0 Å². The van der Waals surface area contributed by atoms with Gasteiger partial charge in [0.15, 0.2) is 0 Å². The number of benzene rings is 1. The Morgan fingerprint density at radius 1 is 1.27 bits per heavy atom. The van der Waals surface area contributed by atoms with Gasteiger partial charge in [0.05, 0.1) is 17.1 Å². The van der Waals surface area contributed by atoms with Crippen LogP contribution in [0.4, 0.5) is 0 Å². The fraction of sp³-hybridized carbons (Fsp3) is 0.381. The molecular formula is C21H26N4O. The summed E-state index contributed by atoms with van der Waals surface area (Å²) in [6, 6.07) is 5.94. The van der Waals surface area contributed by atoms with Gasteiger partial charge < -0.3 is 9.88 Å². The van der Waals surface area contributed by atoms with Crippen molar-refractivity contribution in [3.05, 3.63) is 58.8 Å². The Bertz CT molecular complexity index is 958. The van der Waals surface area contributed by atoms with E-state index in [1.54, 1.807) is 6.20 Å². The van der Waals surface area contributed by atoms with Gasteiger partial charge in [-0.25, -0.2) is 4.98 Å². The topological polar surface area (TPSA) is 59.8 Å². The summed E-state index contributed by atoms with van der Waals surface area (Å²) < 4.78 is 1.97. The van der Waals surface area contributed by atoms with Gasteiger partial charge in [-0.1, -0.05) is 25.0 Å². The van der Waals surface area contributed by atoms with Crippen LogP contribution >= 0.6 is 0 Å². The van der Waals surface area contributed by atoms with E-state index in [1.165, 1.54) is 0 Å². The molecule has 2 aromatic heterocycles. The molecule has 26 heavy (non-hydrogen) atoms. The van der Waals surface area contributed by atoms with Crippen LogP contribution in [0.15, 0.2) is 30.6 Å². The summed E-state index contributed by atoms with van der Waals surface area (Å²) in [7, 11) is 1.96. The Morgan fingerprint density at radius 3 is 2.69 bits per heavy atom. The molecule has 0 fully saturated rings. The Hall–Kier alpha value is -2.69. The molecule has 136 valence electrons. The molecule has 0 saturated heterocycles. The first-order chi connectivity index (χ1) is 12.4. The molecule has 1 atom stereocenters. The minimum Gasteiger partial charge on any atom is -0.342 e. The van der Waals surface area contributed by atoms with Crippen molar-refractivity contribution in [3.63, 3.8) is 0 Å². The molecule has 5 heteroatoms. The third kappa shape index (κ3) is 3.34. The van der Waals surface area contributed by atoms with Crippen LogP contribution in [-0.4, -0.2) is 20.4 Å². The Morgan fingerprint density at radius 2 is 2.04 bits per heavy atom. The van der Waals surface area contributed by atoms with E-state index in [0.717, 1.165) is 46.4 Å². The molecule has 0 unspecified atom stereocenters. The highest BCUT2D eigenvalue weighted by Gasteiger charge is 2.22. The molecule has 3 aromatic rings. The molecule has 0 bridgehead atoms. The molecule has 2 heterocycles. The first-order valence-electron chi connectivity index (χ1n) is 9.08. The molecule has 1 aromatic carbocycles. The van der Waals surface area contributed by atoms with Crippen LogP contribution in [0.2, 0.25) is 0 Å². The third-order valence-electron chi connectivity index (χ3n) is 4.91. The van der Waals surface area contributed by atoms with Crippen molar-refractivity contribution >= 4 is 16.8 Å². The quantitative estimate of drug-likeness (QED) is 0.751. The summed E-state index contributed by atoms with van der Waals surface area (Å²) in [5.74, 6) is 0.814. The summed E-state index contributed by atoms with van der Waals surface area (Å²) >= 11 is 0. The summed E-state index contributed by atoms with van der Waals surface area (Å²) in [6.07, 6.45) is 5.48. The van der Waals surface area contributed by atoms with Crippen molar-refractivity contribution < 1.29 is 4.79 Å². The molecule has 3 rings (SSSR count). The fourth-order valence-electron chi connectivity index (χ4n) is 3.39. The predicted molar refractivity (Wildman–Crippen MR) is 104 cm³/mol. The zero-order chi connectivity index (χ0) is 18.8. The van der Waals surface area contributed by atoms with Gasteiger partial charge in [0.2, 0.25) is 0 Å². The van der Waals surface area contributed by atoms with E-state index in [-0.39, 0.29) is 11.9 Å². The van der Waals surface area contributed by atoms with Gasteiger partial charge >= 0.3 is 0 Å². The minimum atomic E-state index is -0.111. The highest BCUT2D eigenvalue weighted by Crippen LogP contribution is 2.25. The van der Waals surface area contributed by atoms with Gasteiger partial charge in [-0.3, -0.25) is 9.78 Å². The van der Waals surface area contributed by atoms with Crippen LogP contribution in [0, 0.1) is 20.8 Å². The van der Waals surface area contributed by atoms with Crippen LogP contribution in [0.3, 0.4) is 0 Å². The first-order valence-corrected chi connectivity index (χ1v) is 9.08. The molecule has 0 aliphatic heterocycles. The van der Waals surface area contributed by atoms with Crippen molar-refractivity contribution in [3.8, 4) is 0 Å².